The first-order valence-electron chi connectivity index (χ1n) is 8.83. The topological polar surface area (TPSA) is 61.4 Å². The minimum atomic E-state index is -0.753. The largest absolute Gasteiger partial charge is 0.340 e. The van der Waals surface area contributed by atoms with E-state index in [1.165, 1.54) is 5.56 Å². The fourth-order valence-corrected chi connectivity index (χ4v) is 4.06. The number of nitrogens with zero attached hydrogens (tertiary/aromatic N) is 4. The van der Waals surface area contributed by atoms with Crippen LogP contribution in [0.5, 0.6) is 0 Å². The lowest BCUT2D eigenvalue weighted by Gasteiger charge is -2.41. The van der Waals surface area contributed by atoms with Crippen LogP contribution in [0, 0.1) is 16.7 Å². The minimum Gasteiger partial charge on any atom is -0.340 e. The minimum absolute atomic E-state index is 0.0375. The molecule has 0 unspecified atom stereocenters. The summed E-state index contributed by atoms with van der Waals surface area (Å²) in [5.74, 6) is 0.319. The lowest BCUT2D eigenvalue weighted by molar-refractivity contribution is -0.143. The van der Waals surface area contributed by atoms with Crippen molar-refractivity contribution in [3.63, 3.8) is 0 Å². The molecule has 2 aliphatic rings. The van der Waals surface area contributed by atoms with Crippen LogP contribution < -0.4 is 0 Å². The van der Waals surface area contributed by atoms with Crippen molar-refractivity contribution in [2.75, 3.05) is 13.1 Å². The second kappa shape index (κ2) is 5.62. The fraction of sp³-hybridized carbons (Fsp3) is 0.526. The van der Waals surface area contributed by atoms with Crippen LogP contribution in [-0.2, 0) is 11.2 Å². The van der Waals surface area contributed by atoms with Gasteiger partial charge in [0.2, 0.25) is 5.91 Å². The van der Waals surface area contributed by atoms with Gasteiger partial charge in [-0.2, -0.15) is 5.26 Å². The summed E-state index contributed by atoms with van der Waals surface area (Å²) in [6, 6.07) is 6.58. The van der Waals surface area contributed by atoms with Crippen LogP contribution in [0.25, 0.3) is 5.52 Å². The predicted molar refractivity (Wildman–Crippen MR) is 90.4 cm³/mol. The molecule has 1 saturated heterocycles. The van der Waals surface area contributed by atoms with Crippen molar-refractivity contribution >= 4 is 11.4 Å². The highest BCUT2D eigenvalue weighted by Gasteiger charge is 2.47. The summed E-state index contributed by atoms with van der Waals surface area (Å²) in [6.07, 6.45) is 8.40. The first-order chi connectivity index (χ1) is 11.7. The van der Waals surface area contributed by atoms with E-state index in [9.17, 15) is 10.1 Å². The van der Waals surface area contributed by atoms with Crippen LogP contribution in [0.1, 0.15) is 49.8 Å². The van der Waals surface area contributed by atoms with Crippen molar-refractivity contribution in [1.82, 2.24) is 14.3 Å². The third-order valence-electron chi connectivity index (χ3n) is 5.67. The molecule has 0 N–H and O–H groups in total. The normalized spacial score (nSPS) is 20.1. The van der Waals surface area contributed by atoms with E-state index in [-0.39, 0.29) is 11.8 Å². The summed E-state index contributed by atoms with van der Waals surface area (Å²) in [5.41, 5.74) is 2.73. The van der Waals surface area contributed by atoms with Crippen LogP contribution in [0.2, 0.25) is 0 Å². The molecular formula is C19H22N4O. The van der Waals surface area contributed by atoms with Gasteiger partial charge >= 0.3 is 0 Å². The highest BCUT2D eigenvalue weighted by Crippen LogP contribution is 2.41. The Kier molecular flexibility index (Phi) is 3.56. The van der Waals surface area contributed by atoms with E-state index in [0.29, 0.717) is 13.1 Å². The van der Waals surface area contributed by atoms with E-state index in [0.717, 1.165) is 43.3 Å². The zero-order valence-corrected chi connectivity index (χ0v) is 14.0. The smallest absolute Gasteiger partial charge is 0.243 e. The number of pyridine rings is 1. The Bertz CT molecular complexity index is 819. The van der Waals surface area contributed by atoms with Gasteiger partial charge in [-0.1, -0.05) is 25.8 Å². The zero-order valence-electron chi connectivity index (χ0n) is 14.0. The summed E-state index contributed by atoms with van der Waals surface area (Å²) in [6.45, 7) is 3.51. The van der Waals surface area contributed by atoms with Crippen molar-refractivity contribution in [2.45, 2.75) is 44.9 Å². The van der Waals surface area contributed by atoms with Crippen LogP contribution >= 0.6 is 0 Å². The van der Waals surface area contributed by atoms with Crippen molar-refractivity contribution in [3.8, 4) is 6.07 Å². The van der Waals surface area contributed by atoms with Gasteiger partial charge < -0.3 is 9.30 Å². The van der Waals surface area contributed by atoms with Gasteiger partial charge in [-0.15, -0.1) is 0 Å². The summed E-state index contributed by atoms with van der Waals surface area (Å²) in [7, 11) is 0. The first kappa shape index (κ1) is 15.2. The summed E-state index contributed by atoms with van der Waals surface area (Å²) in [4.78, 5) is 19.2. The van der Waals surface area contributed by atoms with E-state index >= 15 is 0 Å². The molecule has 1 saturated carbocycles. The SMILES string of the molecule is CCc1ccc2c(C3CN(C(=O)C4(C#N)CCCC4)C3)ncn2c1. The molecule has 1 aliphatic heterocycles. The molecule has 0 spiro atoms. The van der Waals surface area contributed by atoms with E-state index < -0.39 is 5.41 Å². The second-order valence-corrected chi connectivity index (χ2v) is 7.12. The summed E-state index contributed by atoms with van der Waals surface area (Å²) < 4.78 is 2.08. The number of fused-ring (bicyclic) bond motifs is 1. The van der Waals surface area contributed by atoms with E-state index in [2.05, 4.69) is 40.7 Å². The number of carbonyl (C=O) groups excluding carboxylic acids is 1. The lowest BCUT2D eigenvalue weighted by atomic mass is 9.83. The van der Waals surface area contributed by atoms with E-state index in [4.69, 9.17) is 0 Å². The standard InChI is InChI=1S/C19H22N4O/c1-2-14-5-6-16-17(21-13-23(16)9-14)15-10-22(11-15)18(24)19(12-20)7-3-4-8-19/h5-6,9,13,15H,2-4,7-8,10-11H2,1H3. The number of imidazole rings is 1. The third-order valence-corrected chi connectivity index (χ3v) is 5.67. The number of rotatable bonds is 3. The maximum atomic E-state index is 12.7. The predicted octanol–water partition coefficient (Wildman–Crippen LogP) is 2.91. The van der Waals surface area contributed by atoms with E-state index in [1.807, 2.05) is 11.2 Å². The highest BCUT2D eigenvalue weighted by molar-refractivity contribution is 5.86. The molecule has 0 radical (unpaired) electrons. The molecule has 0 atom stereocenters. The van der Waals surface area contributed by atoms with E-state index in [1.54, 1.807) is 0 Å². The number of amides is 1. The number of carbonyl (C=O) groups is 1. The van der Waals surface area contributed by atoms with Gasteiger partial charge in [0, 0.05) is 25.2 Å². The Morgan fingerprint density at radius 1 is 1.38 bits per heavy atom. The summed E-state index contributed by atoms with van der Waals surface area (Å²) in [5, 5.41) is 9.48. The van der Waals surface area contributed by atoms with Gasteiger partial charge in [-0.05, 0) is 30.9 Å². The molecular weight excluding hydrogens is 300 g/mol. The lowest BCUT2D eigenvalue weighted by Crippen LogP contribution is -2.53. The second-order valence-electron chi connectivity index (χ2n) is 7.12. The van der Waals surface area contributed by atoms with Crippen LogP contribution in [0.15, 0.2) is 24.7 Å². The average molecular weight is 322 g/mol. The van der Waals surface area contributed by atoms with Gasteiger partial charge in [-0.25, -0.2) is 4.98 Å². The van der Waals surface area contributed by atoms with Gasteiger partial charge in [0.1, 0.15) is 5.41 Å². The summed E-state index contributed by atoms with van der Waals surface area (Å²) >= 11 is 0. The Balaban J connectivity index is 1.50. The maximum absolute atomic E-state index is 12.7. The number of aromatic nitrogens is 2. The Morgan fingerprint density at radius 3 is 2.79 bits per heavy atom. The van der Waals surface area contributed by atoms with Gasteiger partial charge in [0.15, 0.2) is 0 Å². The van der Waals surface area contributed by atoms with Crippen molar-refractivity contribution in [1.29, 1.82) is 5.26 Å². The fourth-order valence-electron chi connectivity index (χ4n) is 4.06. The molecule has 0 aromatic carbocycles. The maximum Gasteiger partial charge on any atom is 0.243 e. The third kappa shape index (κ3) is 2.21. The number of nitriles is 1. The number of hydrogen-bond acceptors (Lipinski definition) is 3. The van der Waals surface area contributed by atoms with Crippen molar-refractivity contribution < 1.29 is 4.79 Å². The van der Waals surface area contributed by atoms with Crippen molar-refractivity contribution in [3.05, 3.63) is 35.9 Å². The monoisotopic (exact) mass is 322 g/mol. The zero-order chi connectivity index (χ0) is 16.7. The number of hydrogen-bond donors (Lipinski definition) is 0. The molecule has 5 heteroatoms. The molecule has 4 rings (SSSR count). The van der Waals surface area contributed by atoms with Crippen LogP contribution in [-0.4, -0.2) is 33.3 Å². The first-order valence-corrected chi connectivity index (χ1v) is 8.83. The Morgan fingerprint density at radius 2 is 2.12 bits per heavy atom. The molecule has 1 aliphatic carbocycles. The van der Waals surface area contributed by atoms with Crippen molar-refractivity contribution in [2.24, 2.45) is 5.41 Å². The molecule has 24 heavy (non-hydrogen) atoms. The number of likely N-dealkylation sites (tertiary alicyclic amines) is 1. The molecule has 2 aromatic heterocycles. The molecule has 2 fully saturated rings. The molecule has 124 valence electrons. The molecule has 1 amide bonds. The van der Waals surface area contributed by atoms with Gasteiger partial charge in [0.25, 0.3) is 0 Å². The highest BCUT2D eigenvalue weighted by atomic mass is 16.2. The van der Waals surface area contributed by atoms with Crippen LogP contribution in [0.3, 0.4) is 0 Å². The Labute approximate surface area is 141 Å². The van der Waals surface area contributed by atoms with Gasteiger partial charge in [-0.3, -0.25) is 4.79 Å². The molecule has 5 nitrogen and oxygen atoms in total. The molecule has 3 heterocycles. The quantitative estimate of drug-likeness (QED) is 0.873. The molecule has 2 aromatic rings. The van der Waals surface area contributed by atoms with Gasteiger partial charge in [0.05, 0.1) is 23.6 Å². The number of aryl methyl sites for hydroxylation is 1. The average Bonchev–Trinajstić information content (AvgIpc) is 3.20. The Hall–Kier alpha value is -2.35. The van der Waals surface area contributed by atoms with Crippen LogP contribution in [0.4, 0.5) is 0 Å². The molecule has 0 bridgehead atoms.